The van der Waals surface area contributed by atoms with Crippen molar-refractivity contribution in [1.29, 1.82) is 0 Å². The molecule has 2 aromatic carbocycles. The molecule has 0 atom stereocenters. The molecule has 0 aliphatic heterocycles. The number of halogens is 2. The lowest BCUT2D eigenvalue weighted by molar-refractivity contribution is 0.112. The van der Waals surface area contributed by atoms with Gasteiger partial charge in [0.25, 0.3) is 6.43 Å². The zero-order chi connectivity index (χ0) is 34.4. The van der Waals surface area contributed by atoms with Crippen molar-refractivity contribution >= 4 is 51.4 Å². The Balaban J connectivity index is 0.000000190. The summed E-state index contributed by atoms with van der Waals surface area (Å²) in [5.74, 6) is 1.68. The van der Waals surface area contributed by atoms with Crippen molar-refractivity contribution in [2.45, 2.75) is 39.7 Å². The number of benzene rings is 2. The summed E-state index contributed by atoms with van der Waals surface area (Å²) in [6, 6.07) is 15.8. The molecule has 12 heteroatoms. The van der Waals surface area contributed by atoms with Gasteiger partial charge >= 0.3 is 0 Å². The highest BCUT2D eigenvalue weighted by molar-refractivity contribution is 5.81. The van der Waals surface area contributed by atoms with E-state index in [1.807, 2.05) is 89.6 Å². The van der Waals surface area contributed by atoms with Gasteiger partial charge in [0.2, 0.25) is 0 Å². The smallest absolute Gasteiger partial charge is 0.250 e. The lowest BCUT2D eigenvalue weighted by Crippen LogP contribution is -2.21. The highest BCUT2D eigenvalue weighted by Crippen LogP contribution is 2.30. The highest BCUT2D eigenvalue weighted by atomic mass is 19.3. The summed E-state index contributed by atoms with van der Waals surface area (Å²) in [4.78, 5) is 32.6. The van der Waals surface area contributed by atoms with E-state index in [2.05, 4.69) is 45.2 Å². The normalized spacial score (nSPS) is 11.2. The summed E-state index contributed by atoms with van der Waals surface area (Å²) >= 11 is 0. The van der Waals surface area contributed by atoms with E-state index >= 15 is 0 Å². The fourth-order valence-electron chi connectivity index (χ4n) is 5.63. The third kappa shape index (κ3) is 7.49. The first-order valence-corrected chi connectivity index (χ1v) is 15.8. The number of rotatable bonds is 11. The third-order valence-corrected chi connectivity index (χ3v) is 8.38. The quantitative estimate of drug-likeness (QED) is 0.153. The lowest BCUT2D eigenvalue weighted by Gasteiger charge is -2.22. The first-order chi connectivity index (χ1) is 23.1. The van der Waals surface area contributed by atoms with Gasteiger partial charge in [-0.25, -0.2) is 28.7 Å². The van der Waals surface area contributed by atoms with Gasteiger partial charge in [-0.3, -0.25) is 4.79 Å². The van der Waals surface area contributed by atoms with Crippen LogP contribution in [0, 0.1) is 0 Å². The van der Waals surface area contributed by atoms with E-state index in [9.17, 15) is 13.6 Å². The van der Waals surface area contributed by atoms with Crippen molar-refractivity contribution in [3.05, 3.63) is 95.8 Å². The molecule has 1 N–H and O–H groups in total. The maximum atomic E-state index is 12.3. The molecule has 0 fully saturated rings. The number of pyridine rings is 2. The molecule has 0 unspecified atom stereocenters. The van der Waals surface area contributed by atoms with Gasteiger partial charge in [0.05, 0.1) is 42.6 Å². The number of carbonyl (C=O) groups is 1. The predicted octanol–water partition coefficient (Wildman–Crippen LogP) is 6.76. The number of hydrogen-bond donors (Lipinski definition) is 1. The molecule has 4 heterocycles. The summed E-state index contributed by atoms with van der Waals surface area (Å²) in [5, 5.41) is 2.77. The molecular weight excluding hydrogens is 612 g/mol. The molecule has 0 radical (unpaired) electrons. The second kappa shape index (κ2) is 15.1. The first-order valence-electron chi connectivity index (χ1n) is 15.8. The summed E-state index contributed by atoms with van der Waals surface area (Å²) in [7, 11) is 7.89. The molecule has 48 heavy (non-hydrogen) atoms. The summed E-state index contributed by atoms with van der Waals surface area (Å²) < 4.78 is 28.5. The molecule has 10 nitrogen and oxygen atoms in total. The fourth-order valence-corrected chi connectivity index (χ4v) is 5.63. The SMILES string of the molecule is CCc1cc(C=O)ccc1N(C)c1cc2c(cn1)ncn2C.CCc1cc(CNCC(F)F)ccc1N(C)c1cc2c(cn1)ncn2C. The molecule has 6 aromatic rings. The Hall–Kier alpha value is -5.23. The molecule has 0 aliphatic rings. The van der Waals surface area contributed by atoms with E-state index < -0.39 is 6.43 Å². The highest BCUT2D eigenvalue weighted by Gasteiger charge is 2.14. The van der Waals surface area contributed by atoms with Crippen LogP contribution in [0.25, 0.3) is 22.1 Å². The number of aromatic nitrogens is 6. The zero-order valence-electron chi connectivity index (χ0n) is 28.2. The summed E-state index contributed by atoms with van der Waals surface area (Å²) in [5.41, 5.74) is 9.88. The molecule has 0 amide bonds. The van der Waals surface area contributed by atoms with Crippen molar-refractivity contribution in [2.24, 2.45) is 14.1 Å². The number of aryl methyl sites for hydroxylation is 4. The molecule has 0 aliphatic carbocycles. The van der Waals surface area contributed by atoms with Gasteiger partial charge in [-0.2, -0.15) is 0 Å². The number of fused-ring (bicyclic) bond motifs is 2. The van der Waals surface area contributed by atoms with Crippen LogP contribution in [0.15, 0.2) is 73.6 Å². The van der Waals surface area contributed by atoms with Crippen LogP contribution in [-0.2, 0) is 33.5 Å². The Bertz CT molecular complexity index is 2020. The minimum atomic E-state index is -2.33. The van der Waals surface area contributed by atoms with Gasteiger partial charge < -0.3 is 24.3 Å². The monoisotopic (exact) mass is 653 g/mol. The number of imidazole rings is 2. The number of aldehydes is 1. The second-order valence-corrected chi connectivity index (χ2v) is 11.6. The largest absolute Gasteiger partial charge is 0.334 e. The Morgan fingerprint density at radius 1 is 0.771 bits per heavy atom. The van der Waals surface area contributed by atoms with E-state index in [0.717, 1.165) is 80.9 Å². The number of anilines is 4. The van der Waals surface area contributed by atoms with Crippen LogP contribution in [-0.4, -0.2) is 62.4 Å². The fraction of sp³-hybridized carbons (Fsp3) is 0.306. The van der Waals surface area contributed by atoms with E-state index in [4.69, 9.17) is 0 Å². The van der Waals surface area contributed by atoms with Crippen molar-refractivity contribution in [3.63, 3.8) is 0 Å². The van der Waals surface area contributed by atoms with E-state index in [1.165, 1.54) is 0 Å². The van der Waals surface area contributed by atoms with Gasteiger partial charge in [0.1, 0.15) is 29.0 Å². The van der Waals surface area contributed by atoms with E-state index in [0.29, 0.717) is 12.1 Å². The minimum absolute atomic E-state index is 0.294. The predicted molar refractivity (Wildman–Crippen MR) is 188 cm³/mol. The summed E-state index contributed by atoms with van der Waals surface area (Å²) in [6.45, 7) is 4.30. The zero-order valence-corrected chi connectivity index (χ0v) is 28.2. The molecule has 0 saturated carbocycles. The van der Waals surface area contributed by atoms with Gasteiger partial charge in [-0.05, 0) is 53.8 Å². The summed E-state index contributed by atoms with van der Waals surface area (Å²) in [6.07, 6.45) is 7.36. The van der Waals surface area contributed by atoms with Crippen LogP contribution in [0.2, 0.25) is 0 Å². The second-order valence-electron chi connectivity index (χ2n) is 11.6. The Morgan fingerprint density at radius 2 is 1.29 bits per heavy atom. The van der Waals surface area contributed by atoms with E-state index in [-0.39, 0.29) is 6.54 Å². The van der Waals surface area contributed by atoms with Gasteiger partial charge in [-0.1, -0.05) is 26.0 Å². The van der Waals surface area contributed by atoms with Crippen molar-refractivity contribution < 1.29 is 13.6 Å². The van der Waals surface area contributed by atoms with E-state index in [1.54, 1.807) is 25.0 Å². The van der Waals surface area contributed by atoms with Gasteiger partial charge in [0, 0.05) is 63.8 Å². The molecule has 0 spiro atoms. The first kappa shape index (κ1) is 34.1. The number of hydrogen-bond acceptors (Lipinski definition) is 8. The molecule has 4 aromatic heterocycles. The molecule has 0 bridgehead atoms. The minimum Gasteiger partial charge on any atom is -0.334 e. The molecular formula is C36H41F2N9O. The number of nitrogens with zero attached hydrogens (tertiary/aromatic N) is 8. The van der Waals surface area contributed by atoms with Crippen LogP contribution < -0.4 is 15.1 Å². The van der Waals surface area contributed by atoms with Crippen LogP contribution in [0.5, 0.6) is 0 Å². The third-order valence-electron chi connectivity index (χ3n) is 8.38. The van der Waals surface area contributed by atoms with Crippen LogP contribution in [0.1, 0.15) is 40.9 Å². The van der Waals surface area contributed by atoms with Crippen molar-refractivity contribution in [3.8, 4) is 0 Å². The van der Waals surface area contributed by atoms with Gasteiger partial charge in [-0.15, -0.1) is 0 Å². The maximum Gasteiger partial charge on any atom is 0.250 e. The number of alkyl halides is 2. The average molecular weight is 654 g/mol. The van der Waals surface area contributed by atoms with Crippen molar-refractivity contribution in [1.82, 2.24) is 34.4 Å². The Kier molecular flexibility index (Phi) is 10.7. The standard InChI is InChI=1S/C19H23F2N5.C17H18N4O/c1-4-14-7-13(9-22-11-18(20)21)5-6-16(14)26(3)19-8-17-15(10-23-19)24-12-25(17)2;1-4-13-7-12(10-22)5-6-15(13)21(3)17-8-16-14(9-18-17)19-11-20(16)2/h5-8,10,12,18,22H,4,9,11H2,1-3H3;5-11H,4H2,1-3H3. The maximum absolute atomic E-state index is 12.3. The van der Waals surface area contributed by atoms with Crippen LogP contribution in [0.3, 0.4) is 0 Å². The topological polar surface area (TPSA) is 97.0 Å². The van der Waals surface area contributed by atoms with Crippen LogP contribution in [0.4, 0.5) is 31.8 Å². The van der Waals surface area contributed by atoms with Crippen molar-refractivity contribution in [2.75, 3.05) is 30.4 Å². The Labute approximate surface area is 279 Å². The Morgan fingerprint density at radius 3 is 1.79 bits per heavy atom. The van der Waals surface area contributed by atoms with Gasteiger partial charge in [0.15, 0.2) is 0 Å². The number of carbonyl (C=O) groups excluding carboxylic acids is 1. The average Bonchev–Trinajstić information content (AvgIpc) is 3.68. The molecule has 250 valence electrons. The number of nitrogens with one attached hydrogen (secondary N) is 1. The lowest BCUT2D eigenvalue weighted by atomic mass is 10.1. The van der Waals surface area contributed by atoms with Crippen LogP contribution >= 0.6 is 0 Å². The molecule has 6 rings (SSSR count). The molecule has 0 saturated heterocycles.